The largest absolute Gasteiger partial charge is 0.489 e. The van der Waals surface area contributed by atoms with Crippen LogP contribution in [0, 0.1) is 0 Å². The number of anilines is 1. The number of carbonyl (C=O) groups excluding carboxylic acids is 4. The second-order valence-corrected chi connectivity index (χ2v) is 11.6. The number of benzene rings is 4. The quantitative estimate of drug-likeness (QED) is 0.0812. The Labute approximate surface area is 293 Å². The third kappa shape index (κ3) is 9.33. The molecule has 0 aromatic heterocycles. The van der Waals surface area contributed by atoms with E-state index in [0.717, 1.165) is 12.1 Å². The van der Waals surface area contributed by atoms with E-state index in [4.69, 9.17) is 18.9 Å². The molecule has 268 valence electrons. The molecule has 0 saturated heterocycles. The van der Waals surface area contributed by atoms with Crippen LogP contribution in [0.5, 0.6) is 5.75 Å². The van der Waals surface area contributed by atoms with Gasteiger partial charge in [0.25, 0.3) is 5.91 Å². The monoisotopic (exact) mass is 705 g/mol. The predicted molar refractivity (Wildman–Crippen MR) is 183 cm³/mol. The van der Waals surface area contributed by atoms with Crippen molar-refractivity contribution in [2.45, 2.75) is 51.8 Å². The molecule has 0 fully saturated rings. The van der Waals surface area contributed by atoms with Gasteiger partial charge in [-0.2, -0.15) is 13.2 Å². The first-order valence-electron chi connectivity index (χ1n) is 16.2. The summed E-state index contributed by atoms with van der Waals surface area (Å²) in [7, 11) is 0. The summed E-state index contributed by atoms with van der Waals surface area (Å²) in [6.45, 7) is 6.01. The van der Waals surface area contributed by atoms with Crippen LogP contribution in [-0.4, -0.2) is 49.7 Å². The molecule has 0 bridgehead atoms. The summed E-state index contributed by atoms with van der Waals surface area (Å²) in [5.74, 6) is -2.90. The van der Waals surface area contributed by atoms with Gasteiger partial charge in [-0.3, -0.25) is 19.2 Å². The molecule has 1 amide bonds. The summed E-state index contributed by atoms with van der Waals surface area (Å²) in [5.41, 5.74) is -0.846. The number of ether oxygens (including phenoxy) is 4. The standard InChI is InChI=1S/C39H38F3NO8/c1-5-48-36(46)38(37(47)49-6-2,28-12-8-7-9-13-28)24-50-34(44)23-26-16-21-32(33(22-26)51-25(3)4)43-35(45)31-15-11-10-14-30(31)27-17-19-29(20-18-27)39(40,41)42/h7-22,25H,5-6,23-24H2,1-4H3,(H,43,45). The molecule has 9 nitrogen and oxygen atoms in total. The molecule has 0 heterocycles. The van der Waals surface area contributed by atoms with E-state index in [1.54, 1.807) is 100 Å². The Morgan fingerprint density at radius 3 is 1.92 bits per heavy atom. The molecule has 4 aromatic rings. The first kappa shape index (κ1) is 38.2. The maximum Gasteiger partial charge on any atom is 0.416 e. The van der Waals surface area contributed by atoms with E-state index >= 15 is 0 Å². The highest BCUT2D eigenvalue weighted by Crippen LogP contribution is 2.34. The molecule has 0 aliphatic carbocycles. The van der Waals surface area contributed by atoms with E-state index in [0.29, 0.717) is 16.7 Å². The fourth-order valence-corrected chi connectivity index (χ4v) is 5.25. The molecular formula is C39H38F3NO8. The van der Waals surface area contributed by atoms with Gasteiger partial charge in [0.05, 0.1) is 37.0 Å². The number of amides is 1. The lowest BCUT2D eigenvalue weighted by atomic mass is 9.81. The van der Waals surface area contributed by atoms with Crippen molar-refractivity contribution < 1.29 is 51.3 Å². The average Bonchev–Trinajstić information content (AvgIpc) is 3.10. The lowest BCUT2D eigenvalue weighted by Gasteiger charge is -2.29. The molecule has 1 N–H and O–H groups in total. The Morgan fingerprint density at radius 2 is 1.33 bits per heavy atom. The molecule has 0 saturated carbocycles. The Balaban J connectivity index is 1.56. The molecule has 51 heavy (non-hydrogen) atoms. The van der Waals surface area contributed by atoms with Crippen molar-refractivity contribution in [3.8, 4) is 16.9 Å². The van der Waals surface area contributed by atoms with Crippen molar-refractivity contribution in [3.05, 3.63) is 119 Å². The highest BCUT2D eigenvalue weighted by atomic mass is 19.4. The molecule has 0 unspecified atom stereocenters. The van der Waals surface area contributed by atoms with Gasteiger partial charge in [-0.15, -0.1) is 0 Å². The van der Waals surface area contributed by atoms with Gasteiger partial charge in [-0.05, 0) is 80.3 Å². The molecule has 4 aromatic carbocycles. The van der Waals surface area contributed by atoms with E-state index in [-0.39, 0.29) is 48.3 Å². The molecular weight excluding hydrogens is 667 g/mol. The van der Waals surface area contributed by atoms with E-state index in [1.165, 1.54) is 12.1 Å². The summed E-state index contributed by atoms with van der Waals surface area (Å²) >= 11 is 0. The van der Waals surface area contributed by atoms with E-state index in [1.807, 2.05) is 0 Å². The minimum absolute atomic E-state index is 0.0249. The van der Waals surface area contributed by atoms with E-state index in [9.17, 15) is 32.3 Å². The zero-order valence-electron chi connectivity index (χ0n) is 28.5. The van der Waals surface area contributed by atoms with Gasteiger partial charge in [0.15, 0.2) is 0 Å². The van der Waals surface area contributed by atoms with Crippen molar-refractivity contribution in [2.75, 3.05) is 25.1 Å². The minimum atomic E-state index is -4.50. The fourth-order valence-electron chi connectivity index (χ4n) is 5.25. The highest BCUT2D eigenvalue weighted by molar-refractivity contribution is 6.09. The second kappa shape index (κ2) is 16.8. The molecule has 0 radical (unpaired) electrons. The highest BCUT2D eigenvalue weighted by Gasteiger charge is 2.52. The van der Waals surface area contributed by atoms with Gasteiger partial charge in [0, 0.05) is 5.56 Å². The van der Waals surface area contributed by atoms with Crippen molar-refractivity contribution in [2.24, 2.45) is 0 Å². The Bertz CT molecular complexity index is 1820. The number of hydrogen-bond acceptors (Lipinski definition) is 8. The third-order valence-corrected chi connectivity index (χ3v) is 7.66. The maximum absolute atomic E-state index is 13.5. The van der Waals surface area contributed by atoms with Gasteiger partial charge in [0.1, 0.15) is 12.4 Å². The normalized spacial score (nSPS) is 11.5. The van der Waals surface area contributed by atoms with Gasteiger partial charge in [0.2, 0.25) is 5.41 Å². The smallest absolute Gasteiger partial charge is 0.416 e. The van der Waals surface area contributed by atoms with Crippen LogP contribution >= 0.6 is 0 Å². The molecule has 0 atom stereocenters. The fraction of sp³-hybridized carbons (Fsp3) is 0.282. The van der Waals surface area contributed by atoms with Gasteiger partial charge < -0.3 is 24.3 Å². The van der Waals surface area contributed by atoms with E-state index in [2.05, 4.69) is 5.32 Å². The number of rotatable bonds is 14. The average molecular weight is 706 g/mol. The number of halogens is 3. The Kier molecular flexibility index (Phi) is 12.6. The lowest BCUT2D eigenvalue weighted by Crippen LogP contribution is -2.50. The van der Waals surface area contributed by atoms with E-state index < -0.39 is 47.6 Å². The van der Waals surface area contributed by atoms with Gasteiger partial charge >= 0.3 is 24.1 Å². The SMILES string of the molecule is CCOC(=O)C(COC(=O)Cc1ccc(NC(=O)c2ccccc2-c2ccc(C(F)(F)F)cc2)c(OC(C)C)c1)(C(=O)OCC)c1ccccc1. The number of hydrogen-bond donors (Lipinski definition) is 1. The summed E-state index contributed by atoms with van der Waals surface area (Å²) in [5, 5.41) is 2.81. The van der Waals surface area contributed by atoms with Crippen molar-refractivity contribution in [1.82, 2.24) is 0 Å². The minimum Gasteiger partial charge on any atom is -0.489 e. The number of carbonyl (C=O) groups is 4. The van der Waals surface area contributed by atoms with Crippen LogP contribution in [0.4, 0.5) is 18.9 Å². The number of esters is 3. The van der Waals surface area contributed by atoms with Crippen LogP contribution in [-0.2, 0) is 46.6 Å². The molecule has 0 aliphatic heterocycles. The van der Waals surface area contributed by atoms with Crippen LogP contribution in [0.25, 0.3) is 11.1 Å². The van der Waals surface area contributed by atoms with Crippen molar-refractivity contribution in [3.63, 3.8) is 0 Å². The van der Waals surface area contributed by atoms with Crippen molar-refractivity contribution in [1.29, 1.82) is 0 Å². The van der Waals surface area contributed by atoms with Crippen LogP contribution in [0.15, 0.2) is 97.1 Å². The number of nitrogens with one attached hydrogen (secondary N) is 1. The summed E-state index contributed by atoms with van der Waals surface area (Å²) < 4.78 is 61.3. The Hall–Kier alpha value is -5.65. The maximum atomic E-state index is 13.5. The molecule has 0 spiro atoms. The van der Waals surface area contributed by atoms with Crippen LogP contribution < -0.4 is 10.1 Å². The number of alkyl halides is 3. The second-order valence-electron chi connectivity index (χ2n) is 11.6. The Morgan fingerprint density at radius 1 is 0.725 bits per heavy atom. The first-order valence-corrected chi connectivity index (χ1v) is 16.2. The zero-order chi connectivity index (χ0) is 37.2. The van der Waals surface area contributed by atoms with Crippen LogP contribution in [0.2, 0.25) is 0 Å². The molecule has 4 rings (SSSR count). The van der Waals surface area contributed by atoms with Crippen LogP contribution in [0.3, 0.4) is 0 Å². The van der Waals surface area contributed by atoms with Crippen molar-refractivity contribution >= 4 is 29.5 Å². The third-order valence-electron chi connectivity index (χ3n) is 7.66. The first-order chi connectivity index (χ1) is 24.3. The van der Waals surface area contributed by atoms with Gasteiger partial charge in [-0.25, -0.2) is 0 Å². The summed E-state index contributed by atoms with van der Waals surface area (Å²) in [4.78, 5) is 53.3. The molecule has 0 aliphatic rings. The lowest BCUT2D eigenvalue weighted by molar-refractivity contribution is -0.170. The summed E-state index contributed by atoms with van der Waals surface area (Å²) in [6.07, 6.45) is -5.11. The zero-order valence-corrected chi connectivity index (χ0v) is 28.5. The summed E-state index contributed by atoms with van der Waals surface area (Å²) in [6, 6.07) is 23.8. The predicted octanol–water partition coefficient (Wildman–Crippen LogP) is 7.56. The topological polar surface area (TPSA) is 117 Å². The molecule has 12 heteroatoms. The van der Waals surface area contributed by atoms with Gasteiger partial charge in [-0.1, -0.05) is 66.7 Å². The van der Waals surface area contributed by atoms with Crippen LogP contribution in [0.1, 0.15) is 54.7 Å².